The molecule has 3 nitrogen and oxygen atoms in total. The minimum atomic E-state index is 0.00343. The van der Waals surface area contributed by atoms with Gasteiger partial charge in [0.2, 0.25) is 5.78 Å². The number of halogens is 1. The molecule has 0 aliphatic carbocycles. The molecule has 0 unspecified atom stereocenters. The third kappa shape index (κ3) is 2.47. The van der Waals surface area contributed by atoms with Crippen LogP contribution in [-0.2, 0) is 0 Å². The van der Waals surface area contributed by atoms with E-state index < -0.39 is 0 Å². The van der Waals surface area contributed by atoms with Crippen molar-refractivity contribution in [2.24, 2.45) is 0 Å². The van der Waals surface area contributed by atoms with Gasteiger partial charge in [-0.05, 0) is 38.1 Å². The van der Waals surface area contributed by atoms with Crippen LogP contribution in [0.2, 0.25) is 0 Å². The van der Waals surface area contributed by atoms with Crippen LogP contribution in [0.3, 0.4) is 0 Å². The topological polar surface area (TPSA) is 34.9 Å². The summed E-state index contributed by atoms with van der Waals surface area (Å²) in [5.74, 6) is 0.00343. The van der Waals surface area contributed by atoms with Gasteiger partial charge in [0, 0.05) is 16.1 Å². The molecule has 17 heavy (non-hydrogen) atoms. The summed E-state index contributed by atoms with van der Waals surface area (Å²) < 4.78 is 2.84. The number of benzene rings is 1. The van der Waals surface area contributed by atoms with Crippen LogP contribution in [-0.4, -0.2) is 15.3 Å². The highest BCUT2D eigenvalue weighted by atomic mass is 79.9. The Morgan fingerprint density at radius 2 is 1.94 bits per heavy atom. The summed E-state index contributed by atoms with van der Waals surface area (Å²) in [5, 5.41) is 0. The summed E-state index contributed by atoms with van der Waals surface area (Å²) in [6.45, 7) is 4.06. The Morgan fingerprint density at radius 1 is 1.29 bits per heavy atom. The molecule has 0 atom stereocenters. The Bertz CT molecular complexity index is 529. The van der Waals surface area contributed by atoms with Crippen LogP contribution in [0.1, 0.15) is 35.9 Å². The van der Waals surface area contributed by atoms with E-state index >= 15 is 0 Å². The van der Waals surface area contributed by atoms with Gasteiger partial charge >= 0.3 is 0 Å². The quantitative estimate of drug-likeness (QED) is 0.812. The molecule has 1 aromatic carbocycles. The van der Waals surface area contributed by atoms with E-state index in [0.717, 1.165) is 4.47 Å². The minimum absolute atomic E-state index is 0.00343. The zero-order valence-electron chi connectivity index (χ0n) is 9.72. The highest BCUT2D eigenvalue weighted by Gasteiger charge is 2.15. The predicted octanol–water partition coefficient (Wildman–Crippen LogP) is 3.46. The number of imidazole rings is 1. The fourth-order valence-electron chi connectivity index (χ4n) is 1.64. The van der Waals surface area contributed by atoms with Gasteiger partial charge in [-0.1, -0.05) is 15.9 Å². The number of nitrogens with zero attached hydrogens (tertiary/aromatic N) is 2. The summed E-state index contributed by atoms with van der Waals surface area (Å²) in [7, 11) is 0. The van der Waals surface area contributed by atoms with Gasteiger partial charge in [-0.15, -0.1) is 0 Å². The second kappa shape index (κ2) is 4.84. The van der Waals surface area contributed by atoms with Crippen LogP contribution in [0.15, 0.2) is 41.3 Å². The van der Waals surface area contributed by atoms with Crippen LogP contribution in [0.5, 0.6) is 0 Å². The monoisotopic (exact) mass is 292 g/mol. The molecule has 0 aliphatic rings. The Balaban J connectivity index is 2.37. The van der Waals surface area contributed by atoms with Crippen molar-refractivity contribution in [3.63, 3.8) is 0 Å². The average Bonchev–Trinajstić information content (AvgIpc) is 2.78. The first-order valence-electron chi connectivity index (χ1n) is 5.41. The summed E-state index contributed by atoms with van der Waals surface area (Å²) in [5.41, 5.74) is 1.30. The molecule has 1 heterocycles. The van der Waals surface area contributed by atoms with Crippen molar-refractivity contribution >= 4 is 21.7 Å². The summed E-state index contributed by atoms with van der Waals surface area (Å²) >= 11 is 3.35. The number of carbonyl (C=O) groups excluding carboxylic acids is 1. The van der Waals surface area contributed by atoms with Gasteiger partial charge in [-0.2, -0.15) is 0 Å². The molecule has 0 saturated heterocycles. The van der Waals surface area contributed by atoms with E-state index in [-0.39, 0.29) is 11.8 Å². The van der Waals surface area contributed by atoms with Crippen LogP contribution < -0.4 is 0 Å². The zero-order chi connectivity index (χ0) is 12.4. The first-order chi connectivity index (χ1) is 8.09. The highest BCUT2D eigenvalue weighted by molar-refractivity contribution is 9.10. The lowest BCUT2D eigenvalue weighted by atomic mass is 10.1. The van der Waals surface area contributed by atoms with E-state index in [1.165, 1.54) is 0 Å². The number of hydrogen-bond donors (Lipinski definition) is 0. The number of rotatable bonds is 3. The molecule has 0 fully saturated rings. The normalized spacial score (nSPS) is 10.8. The molecule has 2 aromatic rings. The lowest BCUT2D eigenvalue weighted by molar-refractivity contribution is 0.102. The second-order valence-electron chi connectivity index (χ2n) is 4.12. The van der Waals surface area contributed by atoms with Gasteiger partial charge in [-0.25, -0.2) is 4.98 Å². The lowest BCUT2D eigenvalue weighted by Gasteiger charge is -2.10. The van der Waals surface area contributed by atoms with Gasteiger partial charge < -0.3 is 4.57 Å². The molecule has 0 spiro atoms. The summed E-state index contributed by atoms with van der Waals surface area (Å²) in [6, 6.07) is 7.58. The maximum absolute atomic E-state index is 12.3. The van der Waals surface area contributed by atoms with Gasteiger partial charge in [0.05, 0.1) is 12.5 Å². The van der Waals surface area contributed by atoms with Crippen LogP contribution in [0, 0.1) is 0 Å². The first kappa shape index (κ1) is 12.0. The molecule has 0 N–H and O–H groups in total. The summed E-state index contributed by atoms with van der Waals surface area (Å²) in [6.07, 6.45) is 3.31. The molecule has 0 aliphatic heterocycles. The molecule has 4 heteroatoms. The second-order valence-corrected chi connectivity index (χ2v) is 5.03. The Morgan fingerprint density at radius 3 is 2.53 bits per heavy atom. The fourth-order valence-corrected chi connectivity index (χ4v) is 1.91. The molecule has 0 radical (unpaired) electrons. The zero-order valence-corrected chi connectivity index (χ0v) is 11.3. The van der Waals surface area contributed by atoms with Crippen molar-refractivity contribution in [3.05, 3.63) is 52.5 Å². The molecular weight excluding hydrogens is 280 g/mol. The van der Waals surface area contributed by atoms with Gasteiger partial charge in [-0.3, -0.25) is 4.79 Å². The van der Waals surface area contributed by atoms with Gasteiger partial charge in [0.1, 0.15) is 5.69 Å². The van der Waals surface area contributed by atoms with Crippen LogP contribution in [0.4, 0.5) is 0 Å². The van der Waals surface area contributed by atoms with Crippen molar-refractivity contribution in [1.29, 1.82) is 0 Å². The number of carbonyl (C=O) groups is 1. The summed E-state index contributed by atoms with van der Waals surface area (Å²) in [4.78, 5) is 16.3. The number of aromatic nitrogens is 2. The van der Waals surface area contributed by atoms with Crippen LogP contribution >= 0.6 is 15.9 Å². The van der Waals surface area contributed by atoms with Crippen molar-refractivity contribution in [3.8, 4) is 0 Å². The Labute approximate surface area is 109 Å². The maximum atomic E-state index is 12.3. The molecule has 0 bridgehead atoms. The minimum Gasteiger partial charge on any atom is -0.325 e. The number of hydrogen-bond acceptors (Lipinski definition) is 2. The van der Waals surface area contributed by atoms with Crippen molar-refractivity contribution < 1.29 is 4.79 Å². The van der Waals surface area contributed by atoms with Crippen molar-refractivity contribution in [1.82, 2.24) is 9.55 Å². The van der Waals surface area contributed by atoms with Gasteiger partial charge in [0.25, 0.3) is 0 Å². The molecule has 2 rings (SSSR count). The SMILES string of the molecule is CC(C)n1cncc1C(=O)c1ccc(Br)cc1. The van der Waals surface area contributed by atoms with E-state index in [1.807, 2.05) is 42.7 Å². The molecule has 88 valence electrons. The molecule has 0 amide bonds. The van der Waals surface area contributed by atoms with Gasteiger partial charge in [0.15, 0.2) is 0 Å². The van der Waals surface area contributed by atoms with Crippen molar-refractivity contribution in [2.75, 3.05) is 0 Å². The Hall–Kier alpha value is -1.42. The smallest absolute Gasteiger partial charge is 0.211 e. The molecule has 0 saturated carbocycles. The molecule has 1 aromatic heterocycles. The van der Waals surface area contributed by atoms with Crippen LogP contribution in [0.25, 0.3) is 0 Å². The fraction of sp³-hybridized carbons (Fsp3) is 0.231. The predicted molar refractivity (Wildman–Crippen MR) is 70.2 cm³/mol. The Kier molecular flexibility index (Phi) is 3.43. The third-order valence-electron chi connectivity index (χ3n) is 2.56. The van der Waals surface area contributed by atoms with E-state index in [0.29, 0.717) is 11.3 Å². The maximum Gasteiger partial charge on any atom is 0.211 e. The number of ketones is 1. The third-order valence-corrected chi connectivity index (χ3v) is 3.09. The molecular formula is C13H13BrN2O. The van der Waals surface area contributed by atoms with E-state index in [2.05, 4.69) is 20.9 Å². The highest BCUT2D eigenvalue weighted by Crippen LogP contribution is 2.16. The largest absolute Gasteiger partial charge is 0.325 e. The average molecular weight is 293 g/mol. The lowest BCUT2D eigenvalue weighted by Crippen LogP contribution is -2.11. The van der Waals surface area contributed by atoms with Crippen molar-refractivity contribution in [2.45, 2.75) is 19.9 Å². The van der Waals surface area contributed by atoms with E-state index in [9.17, 15) is 4.79 Å². The standard InChI is InChI=1S/C13H13BrN2O/c1-9(2)16-8-15-7-12(16)13(17)10-3-5-11(14)6-4-10/h3-9H,1-2H3. The van der Waals surface area contributed by atoms with E-state index in [1.54, 1.807) is 12.5 Å². The first-order valence-corrected chi connectivity index (χ1v) is 6.21. The van der Waals surface area contributed by atoms with E-state index in [4.69, 9.17) is 0 Å².